The van der Waals surface area contributed by atoms with E-state index in [4.69, 9.17) is 14.2 Å². The highest BCUT2D eigenvalue weighted by Gasteiger charge is 2.21. The number of benzene rings is 1. The first-order chi connectivity index (χ1) is 11.1. The summed E-state index contributed by atoms with van der Waals surface area (Å²) in [5.74, 6) is 1.03. The molecule has 1 fully saturated rings. The fraction of sp³-hybridized carbons (Fsp3) is 0.400. The summed E-state index contributed by atoms with van der Waals surface area (Å²) in [7, 11) is 1.47. The molecule has 1 N–H and O–H groups in total. The van der Waals surface area contributed by atoms with Crippen LogP contribution in [0.5, 0.6) is 11.5 Å². The van der Waals surface area contributed by atoms with Crippen molar-refractivity contribution < 1.29 is 19.0 Å². The van der Waals surface area contributed by atoms with Crippen LogP contribution in [0.4, 0.5) is 4.79 Å². The molecule has 3 rings (SSSR count). The molecule has 1 aliphatic rings. The van der Waals surface area contributed by atoms with E-state index in [0.29, 0.717) is 48.8 Å². The van der Waals surface area contributed by atoms with Gasteiger partial charge in [0, 0.05) is 19.2 Å². The summed E-state index contributed by atoms with van der Waals surface area (Å²) in [6, 6.07) is 3.05. The summed E-state index contributed by atoms with van der Waals surface area (Å²) >= 11 is 0. The van der Waals surface area contributed by atoms with Crippen LogP contribution in [0.2, 0.25) is 0 Å². The minimum atomic E-state index is -0.498. The van der Waals surface area contributed by atoms with Crippen LogP contribution >= 0.6 is 0 Å². The molecule has 122 valence electrons. The highest BCUT2D eigenvalue weighted by atomic mass is 16.6. The van der Waals surface area contributed by atoms with E-state index in [2.05, 4.69) is 9.97 Å². The summed E-state index contributed by atoms with van der Waals surface area (Å²) in [5.41, 5.74) is 0.188. The number of ether oxygens (including phenoxy) is 3. The van der Waals surface area contributed by atoms with Gasteiger partial charge in [0.2, 0.25) is 0 Å². The number of fused-ring (bicyclic) bond motifs is 1. The number of methoxy groups -OCH3 is 1. The summed E-state index contributed by atoms with van der Waals surface area (Å²) in [6.07, 6.45) is -0.498. The van der Waals surface area contributed by atoms with Crippen molar-refractivity contribution in [1.29, 1.82) is 0 Å². The number of aromatic amines is 1. The van der Waals surface area contributed by atoms with E-state index < -0.39 is 6.09 Å². The molecule has 1 aromatic heterocycles. The molecule has 23 heavy (non-hydrogen) atoms. The van der Waals surface area contributed by atoms with Crippen LogP contribution in [0.15, 0.2) is 16.9 Å². The van der Waals surface area contributed by atoms with Gasteiger partial charge in [0.05, 0.1) is 31.2 Å². The molecule has 1 aliphatic heterocycles. The monoisotopic (exact) mass is 319 g/mol. The minimum absolute atomic E-state index is 0.188. The lowest BCUT2D eigenvalue weighted by atomic mass is 10.2. The van der Waals surface area contributed by atoms with Crippen LogP contribution in [-0.2, 0) is 4.74 Å². The Bertz CT molecular complexity index is 796. The zero-order valence-corrected chi connectivity index (χ0v) is 12.9. The summed E-state index contributed by atoms with van der Waals surface area (Å²) in [5, 5.41) is 0.334. The van der Waals surface area contributed by atoms with Crippen LogP contribution in [0.3, 0.4) is 0 Å². The number of hydrogen-bond acceptors (Lipinski definition) is 6. The summed E-state index contributed by atoms with van der Waals surface area (Å²) in [6.45, 7) is 3.59. The Morgan fingerprint density at radius 3 is 2.74 bits per heavy atom. The number of morpholine rings is 1. The number of aromatic nitrogens is 2. The van der Waals surface area contributed by atoms with Crippen LogP contribution in [-0.4, -0.2) is 54.4 Å². The lowest BCUT2D eigenvalue weighted by molar-refractivity contribution is 0.0413. The van der Waals surface area contributed by atoms with Gasteiger partial charge in [0.25, 0.3) is 5.56 Å². The molecular formula is C15H17N3O5. The number of nitrogens with one attached hydrogen (secondary N) is 1. The fourth-order valence-electron chi connectivity index (χ4n) is 2.41. The number of aryl methyl sites for hydroxylation is 1. The van der Waals surface area contributed by atoms with Gasteiger partial charge < -0.3 is 24.1 Å². The zero-order chi connectivity index (χ0) is 16.4. The Labute approximate surface area is 132 Å². The van der Waals surface area contributed by atoms with Gasteiger partial charge in [-0.1, -0.05) is 0 Å². The van der Waals surface area contributed by atoms with Gasteiger partial charge in [0.1, 0.15) is 5.82 Å². The molecule has 2 aromatic rings. The topological polar surface area (TPSA) is 93.8 Å². The number of nitrogens with zero attached hydrogens (tertiary/aromatic N) is 2. The van der Waals surface area contributed by atoms with E-state index in [9.17, 15) is 9.59 Å². The van der Waals surface area contributed by atoms with Crippen molar-refractivity contribution in [3.63, 3.8) is 0 Å². The maximum absolute atomic E-state index is 12.2. The molecular weight excluding hydrogens is 302 g/mol. The van der Waals surface area contributed by atoms with Crippen molar-refractivity contribution in [2.24, 2.45) is 0 Å². The average molecular weight is 319 g/mol. The van der Waals surface area contributed by atoms with Crippen molar-refractivity contribution in [3.8, 4) is 11.5 Å². The smallest absolute Gasteiger partial charge is 0.415 e. The van der Waals surface area contributed by atoms with Gasteiger partial charge in [-0.05, 0) is 13.0 Å². The second kappa shape index (κ2) is 6.25. The minimum Gasteiger partial charge on any atom is -0.493 e. The number of hydrogen-bond donors (Lipinski definition) is 1. The number of carbonyl (C=O) groups excluding carboxylic acids is 1. The molecule has 0 spiro atoms. The third-order valence-corrected chi connectivity index (χ3v) is 3.58. The molecule has 0 aliphatic carbocycles. The lowest BCUT2D eigenvalue weighted by Crippen LogP contribution is -2.42. The molecule has 1 saturated heterocycles. The van der Waals surface area contributed by atoms with Gasteiger partial charge in [-0.2, -0.15) is 0 Å². The normalized spacial score (nSPS) is 14.8. The van der Waals surface area contributed by atoms with Crippen LogP contribution in [0.1, 0.15) is 5.82 Å². The number of rotatable bonds is 2. The fourth-order valence-corrected chi connectivity index (χ4v) is 2.41. The Morgan fingerprint density at radius 1 is 1.30 bits per heavy atom. The predicted octanol–water partition coefficient (Wildman–Crippen LogP) is 1.07. The molecule has 1 amide bonds. The maximum Gasteiger partial charge on any atom is 0.415 e. The third kappa shape index (κ3) is 3.11. The maximum atomic E-state index is 12.2. The van der Waals surface area contributed by atoms with Gasteiger partial charge in [0.15, 0.2) is 11.5 Å². The first kappa shape index (κ1) is 15.3. The van der Waals surface area contributed by atoms with E-state index in [1.54, 1.807) is 17.9 Å². The van der Waals surface area contributed by atoms with Crippen molar-refractivity contribution in [2.75, 3.05) is 33.4 Å². The van der Waals surface area contributed by atoms with E-state index in [0.717, 1.165) is 0 Å². The van der Waals surface area contributed by atoms with Crippen LogP contribution in [0, 0.1) is 6.92 Å². The van der Waals surface area contributed by atoms with Gasteiger partial charge in [-0.25, -0.2) is 9.78 Å². The molecule has 0 bridgehead atoms. The first-order valence-electron chi connectivity index (χ1n) is 7.21. The average Bonchev–Trinajstić information content (AvgIpc) is 2.55. The second-order valence-corrected chi connectivity index (χ2v) is 5.14. The molecule has 0 atom stereocenters. The lowest BCUT2D eigenvalue weighted by Gasteiger charge is -2.26. The van der Waals surface area contributed by atoms with Gasteiger partial charge >= 0.3 is 6.09 Å². The molecule has 1 aromatic carbocycles. The zero-order valence-electron chi connectivity index (χ0n) is 12.9. The number of amides is 1. The Balaban J connectivity index is 1.95. The number of carbonyl (C=O) groups is 1. The Hall–Kier alpha value is -2.61. The Kier molecular flexibility index (Phi) is 4.16. The predicted molar refractivity (Wildman–Crippen MR) is 82.1 cm³/mol. The molecule has 2 heterocycles. The van der Waals surface area contributed by atoms with Crippen molar-refractivity contribution in [1.82, 2.24) is 14.9 Å². The van der Waals surface area contributed by atoms with Crippen molar-refractivity contribution >= 4 is 17.0 Å². The van der Waals surface area contributed by atoms with Gasteiger partial charge in [-0.3, -0.25) is 4.79 Å². The van der Waals surface area contributed by atoms with Crippen molar-refractivity contribution in [3.05, 3.63) is 28.3 Å². The second-order valence-electron chi connectivity index (χ2n) is 5.14. The van der Waals surface area contributed by atoms with Crippen LogP contribution in [0.25, 0.3) is 10.9 Å². The summed E-state index contributed by atoms with van der Waals surface area (Å²) in [4.78, 5) is 32.7. The SMILES string of the molecule is COc1cc2nc(C)[nH]c(=O)c2cc1OC(=O)N1CCOCC1. The van der Waals surface area contributed by atoms with Crippen molar-refractivity contribution in [2.45, 2.75) is 6.92 Å². The first-order valence-corrected chi connectivity index (χ1v) is 7.21. The quantitative estimate of drug-likeness (QED) is 0.890. The molecule has 0 radical (unpaired) electrons. The van der Waals surface area contributed by atoms with Gasteiger partial charge in [-0.15, -0.1) is 0 Å². The number of H-pyrrole nitrogens is 1. The molecule has 0 saturated carbocycles. The molecule has 8 nitrogen and oxygen atoms in total. The van der Waals surface area contributed by atoms with Crippen LogP contribution < -0.4 is 15.0 Å². The highest BCUT2D eigenvalue weighted by Crippen LogP contribution is 2.31. The Morgan fingerprint density at radius 2 is 2.04 bits per heavy atom. The van der Waals surface area contributed by atoms with E-state index in [-0.39, 0.29) is 11.3 Å². The van der Waals surface area contributed by atoms with E-state index >= 15 is 0 Å². The largest absolute Gasteiger partial charge is 0.493 e. The third-order valence-electron chi connectivity index (χ3n) is 3.58. The van der Waals surface area contributed by atoms with E-state index in [1.165, 1.54) is 13.2 Å². The molecule has 8 heteroatoms. The van der Waals surface area contributed by atoms with E-state index in [1.807, 2.05) is 0 Å². The summed E-state index contributed by atoms with van der Waals surface area (Å²) < 4.78 is 15.8. The standard InChI is InChI=1S/C15H17N3O5/c1-9-16-11-8-12(21-2)13(7-10(11)14(19)17-9)23-15(20)18-3-5-22-6-4-18/h7-8H,3-6H2,1-2H3,(H,16,17,19). The molecule has 0 unspecified atom stereocenters. The highest BCUT2D eigenvalue weighted by molar-refractivity contribution is 5.83.